The smallest absolute Gasteiger partial charge is 0.246 e. The first-order valence-corrected chi connectivity index (χ1v) is 10.4. The van der Waals surface area contributed by atoms with Crippen LogP contribution in [0.5, 0.6) is 0 Å². The van der Waals surface area contributed by atoms with E-state index in [2.05, 4.69) is 10.6 Å². The molecule has 0 aliphatic rings. The topological polar surface area (TPSA) is 85.9 Å². The molecular weight excluding hydrogens is 372 g/mol. The Balaban J connectivity index is 4.15. The Morgan fingerprint density at radius 1 is 0.690 bits per heavy atom. The van der Waals surface area contributed by atoms with Crippen LogP contribution in [0.15, 0.2) is 0 Å². The van der Waals surface area contributed by atoms with Gasteiger partial charge in [-0.25, -0.2) is 0 Å². The van der Waals surface area contributed by atoms with E-state index < -0.39 is 5.54 Å². The lowest BCUT2D eigenvalue weighted by Crippen LogP contribution is -2.47. The Kier molecular flexibility index (Phi) is 10.8. The molecule has 29 heavy (non-hydrogen) atoms. The van der Waals surface area contributed by atoms with Gasteiger partial charge in [0, 0.05) is 18.7 Å². The van der Waals surface area contributed by atoms with Gasteiger partial charge in [-0.3, -0.25) is 9.59 Å². The second-order valence-electron chi connectivity index (χ2n) is 10.7. The zero-order valence-electron chi connectivity index (χ0n) is 20.3. The first kappa shape index (κ1) is 27.8. The van der Waals surface area contributed by atoms with Crippen molar-refractivity contribution in [3.63, 3.8) is 0 Å². The molecule has 0 atom stereocenters. The zero-order chi connectivity index (χ0) is 22.9. The molecule has 0 aromatic heterocycles. The molecule has 172 valence electrons. The molecule has 2 amide bonds. The van der Waals surface area contributed by atoms with Gasteiger partial charge < -0.3 is 24.8 Å². The number of hydrogen-bond donors (Lipinski definition) is 2. The van der Waals surface area contributed by atoms with Crippen LogP contribution in [0.4, 0.5) is 0 Å². The van der Waals surface area contributed by atoms with Crippen LogP contribution < -0.4 is 10.6 Å². The van der Waals surface area contributed by atoms with Gasteiger partial charge in [-0.05, 0) is 82.1 Å². The van der Waals surface area contributed by atoms with Gasteiger partial charge in [0.2, 0.25) is 11.8 Å². The third-order valence-electron chi connectivity index (χ3n) is 4.02. The predicted octanol–water partition coefficient (Wildman–Crippen LogP) is 3.20. The molecule has 0 aliphatic carbocycles. The molecule has 0 saturated carbocycles. The van der Waals surface area contributed by atoms with E-state index in [9.17, 15) is 9.59 Å². The average Bonchev–Trinajstić information content (AvgIpc) is 2.48. The lowest BCUT2D eigenvalue weighted by molar-refractivity contribution is -0.132. The number of amides is 2. The highest BCUT2D eigenvalue weighted by atomic mass is 16.5. The van der Waals surface area contributed by atoms with Crippen LogP contribution in [0.3, 0.4) is 0 Å². The van der Waals surface area contributed by atoms with Crippen LogP contribution in [-0.2, 0) is 23.8 Å². The molecule has 0 radical (unpaired) electrons. The van der Waals surface area contributed by atoms with Crippen LogP contribution in [0, 0.1) is 0 Å². The third kappa shape index (κ3) is 17.4. The second-order valence-corrected chi connectivity index (χ2v) is 10.7. The molecule has 7 heteroatoms. The molecule has 7 nitrogen and oxygen atoms in total. The van der Waals surface area contributed by atoms with Gasteiger partial charge >= 0.3 is 0 Å². The highest BCUT2D eigenvalue weighted by Gasteiger charge is 2.24. The van der Waals surface area contributed by atoms with Crippen molar-refractivity contribution in [2.45, 2.75) is 104 Å². The molecule has 0 fully saturated rings. The van der Waals surface area contributed by atoms with Crippen LogP contribution >= 0.6 is 0 Å². The average molecular weight is 417 g/mol. The predicted molar refractivity (Wildman–Crippen MR) is 116 cm³/mol. The molecule has 0 rings (SSSR count). The Labute approximate surface area is 177 Å². The summed E-state index contributed by atoms with van der Waals surface area (Å²) in [5.74, 6) is -0.263. The summed E-state index contributed by atoms with van der Waals surface area (Å²) in [5.41, 5.74) is -1.45. The maximum Gasteiger partial charge on any atom is 0.246 e. The third-order valence-corrected chi connectivity index (χ3v) is 4.02. The van der Waals surface area contributed by atoms with E-state index in [4.69, 9.17) is 14.2 Å². The van der Waals surface area contributed by atoms with Crippen molar-refractivity contribution in [3.8, 4) is 0 Å². The van der Waals surface area contributed by atoms with Crippen LogP contribution in [-0.4, -0.2) is 60.5 Å². The fraction of sp³-hybridized carbons (Fsp3) is 0.909. The first-order valence-electron chi connectivity index (χ1n) is 10.4. The van der Waals surface area contributed by atoms with E-state index in [1.165, 1.54) is 0 Å². The molecule has 0 unspecified atom stereocenters. The number of rotatable bonds is 12. The fourth-order valence-electron chi connectivity index (χ4n) is 2.25. The van der Waals surface area contributed by atoms with Crippen LogP contribution in [0.25, 0.3) is 0 Å². The normalized spacial score (nSPS) is 13.3. The van der Waals surface area contributed by atoms with Gasteiger partial charge in [-0.2, -0.15) is 0 Å². The molecule has 0 aromatic rings. The maximum atomic E-state index is 12.1. The number of nitrogens with one attached hydrogen (secondary N) is 2. The minimum absolute atomic E-state index is 0.0396. The van der Waals surface area contributed by atoms with Crippen LogP contribution in [0.2, 0.25) is 0 Å². The van der Waals surface area contributed by atoms with Crippen molar-refractivity contribution in [1.82, 2.24) is 10.6 Å². The highest BCUT2D eigenvalue weighted by molar-refractivity contribution is 5.78. The highest BCUT2D eigenvalue weighted by Crippen LogP contribution is 2.17. The van der Waals surface area contributed by atoms with Gasteiger partial charge in [0.25, 0.3) is 0 Å². The fourth-order valence-corrected chi connectivity index (χ4v) is 2.25. The Bertz CT molecular complexity index is 516. The van der Waals surface area contributed by atoms with Crippen LogP contribution in [0.1, 0.15) is 82.1 Å². The quantitative estimate of drug-likeness (QED) is 0.510. The van der Waals surface area contributed by atoms with E-state index in [1.54, 1.807) is 0 Å². The summed E-state index contributed by atoms with van der Waals surface area (Å²) >= 11 is 0. The molecule has 0 saturated heterocycles. The van der Waals surface area contributed by atoms with Crippen molar-refractivity contribution < 1.29 is 23.8 Å². The Morgan fingerprint density at radius 2 is 1.17 bits per heavy atom. The maximum absolute atomic E-state index is 12.1. The largest absolute Gasteiger partial charge is 0.375 e. The van der Waals surface area contributed by atoms with E-state index in [1.807, 2.05) is 69.2 Å². The minimum atomic E-state index is -0.396. The van der Waals surface area contributed by atoms with E-state index >= 15 is 0 Å². The summed E-state index contributed by atoms with van der Waals surface area (Å²) in [6, 6.07) is 0. The number of carbonyl (C=O) groups excluding carboxylic acids is 2. The lowest BCUT2D eigenvalue weighted by atomic mass is 10.0. The van der Waals surface area contributed by atoms with Gasteiger partial charge in [0.1, 0.15) is 13.2 Å². The molecule has 2 N–H and O–H groups in total. The monoisotopic (exact) mass is 416 g/mol. The summed E-state index contributed by atoms with van der Waals surface area (Å²) in [6.07, 6.45) is 1.35. The molecule has 0 heterocycles. The van der Waals surface area contributed by atoms with Gasteiger partial charge in [0.15, 0.2) is 0 Å². The van der Waals surface area contributed by atoms with Crippen molar-refractivity contribution in [1.29, 1.82) is 0 Å². The number of hydrogen-bond acceptors (Lipinski definition) is 5. The SMILES string of the molecule is CC(C)(CCOC(C)(C)CCNC(=O)COC(C)(C)C)NC(=O)COC(C)(C)C. The van der Waals surface area contributed by atoms with Crippen molar-refractivity contribution >= 4 is 11.8 Å². The lowest BCUT2D eigenvalue weighted by Gasteiger charge is -2.31. The molecule has 0 aromatic carbocycles. The van der Waals surface area contributed by atoms with Gasteiger partial charge in [-0.1, -0.05) is 0 Å². The number of carbonyl (C=O) groups is 2. The Morgan fingerprint density at radius 3 is 1.66 bits per heavy atom. The van der Waals surface area contributed by atoms with Gasteiger partial charge in [0.05, 0.1) is 16.8 Å². The van der Waals surface area contributed by atoms with E-state index in [0.717, 1.165) is 0 Å². The first-order chi connectivity index (χ1) is 12.9. The molecule has 0 bridgehead atoms. The second kappa shape index (κ2) is 11.3. The summed E-state index contributed by atoms with van der Waals surface area (Å²) < 4.78 is 17.0. The summed E-state index contributed by atoms with van der Waals surface area (Å²) in [4.78, 5) is 23.9. The molecule has 0 spiro atoms. The number of ether oxygens (including phenoxy) is 3. The standard InChI is InChI=1S/C22H44N2O5/c1-19(2,3)28-15-17(25)23-13-11-22(9,10)27-14-12-21(7,8)24-18(26)16-29-20(4,5)6/h11-16H2,1-10H3,(H,23,25)(H,24,26). The van der Waals surface area contributed by atoms with Gasteiger partial charge in [-0.15, -0.1) is 0 Å². The van der Waals surface area contributed by atoms with E-state index in [0.29, 0.717) is 26.0 Å². The minimum Gasteiger partial charge on any atom is -0.375 e. The summed E-state index contributed by atoms with van der Waals surface area (Å²) in [7, 11) is 0. The van der Waals surface area contributed by atoms with E-state index in [-0.39, 0.29) is 41.8 Å². The zero-order valence-corrected chi connectivity index (χ0v) is 20.3. The summed E-state index contributed by atoms with van der Waals surface area (Å²) in [6.45, 7) is 20.5. The Hall–Kier alpha value is -1.18. The molecular formula is C22H44N2O5. The summed E-state index contributed by atoms with van der Waals surface area (Å²) in [5, 5.41) is 5.84. The van der Waals surface area contributed by atoms with Crippen molar-refractivity contribution in [3.05, 3.63) is 0 Å². The molecule has 0 aliphatic heterocycles. The van der Waals surface area contributed by atoms with Crippen molar-refractivity contribution in [2.75, 3.05) is 26.4 Å². The van der Waals surface area contributed by atoms with Crippen molar-refractivity contribution in [2.24, 2.45) is 0 Å².